The molecule has 7 unspecified atom stereocenters. The Morgan fingerprint density at radius 2 is 1.93 bits per heavy atom. The third kappa shape index (κ3) is 2.09. The minimum atomic E-state index is -0.131. The second kappa shape index (κ2) is 5.53. The number of nitrogens with zero attached hydrogens (tertiary/aromatic N) is 1. The molecule has 7 rings (SSSR count). The first kappa shape index (κ1) is 17.5. The van der Waals surface area contributed by atoms with Crippen molar-refractivity contribution >= 4 is 5.97 Å². The van der Waals surface area contributed by atoms with Gasteiger partial charge in [-0.3, -0.25) is 4.79 Å². The molecule has 0 aromatic rings. The van der Waals surface area contributed by atoms with Crippen molar-refractivity contribution in [3.8, 4) is 0 Å². The highest BCUT2D eigenvalue weighted by Gasteiger charge is 2.79. The highest BCUT2D eigenvalue weighted by Crippen LogP contribution is 2.79. The van der Waals surface area contributed by atoms with Gasteiger partial charge in [0.15, 0.2) is 0 Å². The van der Waals surface area contributed by atoms with Crippen LogP contribution >= 0.6 is 0 Å². The molecule has 6 fully saturated rings. The first-order valence-corrected chi connectivity index (χ1v) is 12.3. The zero-order valence-electron chi connectivity index (χ0n) is 17.5. The molecule has 0 aromatic heterocycles. The van der Waals surface area contributed by atoms with E-state index in [1.165, 1.54) is 44.9 Å². The summed E-state index contributed by atoms with van der Waals surface area (Å²) >= 11 is 0. The van der Waals surface area contributed by atoms with E-state index in [1.54, 1.807) is 5.57 Å². The number of hydrogen-bond acceptors (Lipinski definition) is 4. The molecule has 1 heterocycles. The number of hydrogen-bond donors (Lipinski definition) is 0. The molecular weight excluding hydrogens is 362 g/mol. The van der Waals surface area contributed by atoms with Crippen molar-refractivity contribution in [2.45, 2.75) is 82.8 Å². The maximum Gasteiger partial charge on any atom is 0.306 e. The summed E-state index contributed by atoms with van der Waals surface area (Å²) in [6.07, 6.45) is 13.9. The van der Waals surface area contributed by atoms with Gasteiger partial charge in [-0.2, -0.15) is 4.91 Å². The van der Waals surface area contributed by atoms with E-state index in [-0.39, 0.29) is 23.0 Å². The van der Waals surface area contributed by atoms with Gasteiger partial charge in [-0.05, 0) is 99.2 Å². The number of carbonyl (C=O) groups is 1. The van der Waals surface area contributed by atoms with E-state index in [4.69, 9.17) is 4.74 Å². The summed E-state index contributed by atoms with van der Waals surface area (Å²) in [5, 5.41) is 3.39. The van der Waals surface area contributed by atoms with Crippen LogP contribution in [-0.4, -0.2) is 17.6 Å². The third-order valence-corrected chi connectivity index (χ3v) is 11.0. The van der Waals surface area contributed by atoms with Crippen LogP contribution in [0.3, 0.4) is 0 Å². The van der Waals surface area contributed by atoms with Crippen LogP contribution in [-0.2, 0) is 9.53 Å². The van der Waals surface area contributed by atoms with Crippen LogP contribution in [0.15, 0.2) is 16.8 Å². The summed E-state index contributed by atoms with van der Waals surface area (Å²) in [6, 6.07) is -0.0769. The number of rotatable bonds is 2. The smallest absolute Gasteiger partial charge is 0.306 e. The largest absolute Gasteiger partial charge is 0.458 e. The lowest BCUT2D eigenvalue weighted by atomic mass is 9.46. The lowest BCUT2D eigenvalue weighted by molar-refractivity contribution is -0.177. The molecule has 0 N–H and O–H groups in total. The zero-order chi connectivity index (χ0) is 19.5. The first-order chi connectivity index (χ1) is 14.1. The van der Waals surface area contributed by atoms with Crippen LogP contribution in [0, 0.1) is 57.7 Å². The standard InChI is InChI=1S/C25H33NO3/c1-24-8-6-17-16-5-4-15(26-28)10-14(16)11-18(13-2-3-13)22(17)23(24)19-12-20(19)25(24)9-7-21(27)29-25/h10,13,15-20,22-23H,2-9,11-12H2,1H3/t15?,16-,17?,18?,19?,20?,22?,23?,24-,25-/m0/s1. The summed E-state index contributed by atoms with van der Waals surface area (Å²) in [6.45, 7) is 2.52. The highest BCUT2D eigenvalue weighted by atomic mass is 16.6. The van der Waals surface area contributed by atoms with Crippen LogP contribution in [0.2, 0.25) is 0 Å². The van der Waals surface area contributed by atoms with Crippen LogP contribution in [0.25, 0.3) is 0 Å². The molecule has 10 atom stereocenters. The molecule has 5 saturated carbocycles. The summed E-state index contributed by atoms with van der Waals surface area (Å²) in [5.41, 5.74) is 1.66. The van der Waals surface area contributed by atoms with Gasteiger partial charge in [-0.15, -0.1) is 0 Å². The lowest BCUT2D eigenvalue weighted by Gasteiger charge is -2.59. The van der Waals surface area contributed by atoms with Crippen LogP contribution in [0.5, 0.6) is 0 Å². The Kier molecular flexibility index (Phi) is 3.34. The zero-order valence-corrected chi connectivity index (χ0v) is 17.5. The fraction of sp³-hybridized carbons (Fsp3) is 0.880. The number of esters is 1. The van der Waals surface area contributed by atoms with Crippen LogP contribution < -0.4 is 0 Å². The molecule has 0 radical (unpaired) electrons. The van der Waals surface area contributed by atoms with Crippen molar-refractivity contribution in [2.24, 2.45) is 57.9 Å². The molecular formula is C25H33NO3. The second-order valence-corrected chi connectivity index (χ2v) is 11.9. The van der Waals surface area contributed by atoms with Crippen molar-refractivity contribution in [1.82, 2.24) is 0 Å². The average Bonchev–Trinajstić information content (AvgIpc) is 3.64. The Balaban J connectivity index is 1.30. The molecule has 1 saturated heterocycles. The van der Waals surface area contributed by atoms with Gasteiger partial charge < -0.3 is 4.74 Å². The maximum absolute atomic E-state index is 12.2. The predicted octanol–water partition coefficient (Wildman–Crippen LogP) is 5.26. The molecule has 1 aliphatic heterocycles. The van der Waals surface area contributed by atoms with Crippen molar-refractivity contribution < 1.29 is 9.53 Å². The summed E-state index contributed by atoms with van der Waals surface area (Å²) in [7, 11) is 0. The highest BCUT2D eigenvalue weighted by molar-refractivity contribution is 5.73. The molecule has 156 valence electrons. The Labute approximate surface area is 173 Å². The van der Waals surface area contributed by atoms with Crippen molar-refractivity contribution in [3.05, 3.63) is 16.6 Å². The van der Waals surface area contributed by atoms with Crippen LogP contribution in [0.4, 0.5) is 0 Å². The molecule has 0 bridgehead atoms. The van der Waals surface area contributed by atoms with Crippen molar-refractivity contribution in [3.63, 3.8) is 0 Å². The maximum atomic E-state index is 12.2. The average molecular weight is 396 g/mol. The topological polar surface area (TPSA) is 55.7 Å². The van der Waals surface area contributed by atoms with Gasteiger partial charge in [0.25, 0.3) is 0 Å². The summed E-state index contributed by atoms with van der Waals surface area (Å²) in [5.74, 6) is 6.27. The van der Waals surface area contributed by atoms with Gasteiger partial charge in [-0.1, -0.05) is 23.7 Å². The Bertz CT molecular complexity index is 817. The predicted molar refractivity (Wildman–Crippen MR) is 109 cm³/mol. The fourth-order valence-corrected chi connectivity index (χ4v) is 9.84. The van der Waals surface area contributed by atoms with E-state index in [2.05, 4.69) is 18.2 Å². The Hall–Kier alpha value is -1.19. The molecule has 7 aliphatic rings. The van der Waals surface area contributed by atoms with Gasteiger partial charge in [-0.25, -0.2) is 0 Å². The minimum Gasteiger partial charge on any atom is -0.458 e. The molecule has 0 amide bonds. The van der Waals surface area contributed by atoms with Gasteiger partial charge >= 0.3 is 5.97 Å². The summed E-state index contributed by atoms with van der Waals surface area (Å²) < 4.78 is 6.27. The Morgan fingerprint density at radius 3 is 2.66 bits per heavy atom. The monoisotopic (exact) mass is 395 g/mol. The minimum absolute atomic E-state index is 0.0620. The lowest BCUT2D eigenvalue weighted by Crippen LogP contribution is -2.57. The van der Waals surface area contributed by atoms with Crippen molar-refractivity contribution in [2.75, 3.05) is 0 Å². The normalized spacial score (nSPS) is 57.3. The molecule has 6 aliphatic carbocycles. The third-order valence-electron chi connectivity index (χ3n) is 11.0. The van der Waals surface area contributed by atoms with Gasteiger partial charge in [0.05, 0.1) is 0 Å². The van der Waals surface area contributed by atoms with E-state index in [0.29, 0.717) is 18.3 Å². The molecule has 1 spiro atoms. The molecule has 4 heteroatoms. The Morgan fingerprint density at radius 1 is 1.07 bits per heavy atom. The molecule has 29 heavy (non-hydrogen) atoms. The quantitative estimate of drug-likeness (QED) is 0.364. The number of allylic oxidation sites excluding steroid dienone is 1. The number of carbonyl (C=O) groups excluding carboxylic acids is 1. The summed E-state index contributed by atoms with van der Waals surface area (Å²) in [4.78, 5) is 23.5. The second-order valence-electron chi connectivity index (χ2n) is 11.9. The van der Waals surface area contributed by atoms with Gasteiger partial charge in [0.2, 0.25) is 0 Å². The number of ether oxygens (including phenoxy) is 1. The fourth-order valence-electron chi connectivity index (χ4n) is 9.84. The van der Waals surface area contributed by atoms with E-state index in [1.807, 2.05) is 0 Å². The molecule has 4 nitrogen and oxygen atoms in total. The first-order valence-electron chi connectivity index (χ1n) is 12.3. The van der Waals surface area contributed by atoms with Gasteiger partial charge in [0, 0.05) is 17.8 Å². The van der Waals surface area contributed by atoms with Crippen molar-refractivity contribution in [1.29, 1.82) is 0 Å². The van der Waals surface area contributed by atoms with E-state index in [9.17, 15) is 9.70 Å². The SMILES string of the molecule is C[C@]12CCC3C(C(C4CC4)CC4=CC(N=O)CC[C@@H]43)C1C1CC1[C@@]21CCC(=O)O1. The molecule has 0 aromatic carbocycles. The number of nitroso groups, excluding NO2 is 1. The number of fused-ring (bicyclic) bond motifs is 9. The van der Waals surface area contributed by atoms with Crippen LogP contribution in [0.1, 0.15) is 71.1 Å². The van der Waals surface area contributed by atoms with E-state index < -0.39 is 0 Å². The van der Waals surface area contributed by atoms with E-state index in [0.717, 1.165) is 48.3 Å². The van der Waals surface area contributed by atoms with Gasteiger partial charge in [0.1, 0.15) is 11.6 Å². The van der Waals surface area contributed by atoms with E-state index >= 15 is 0 Å².